The third kappa shape index (κ3) is 7.94. The molecule has 1 aromatic heterocycles. The van der Waals surface area contributed by atoms with Gasteiger partial charge >= 0.3 is 0 Å². The Labute approximate surface area is 197 Å². The zero-order valence-corrected chi connectivity index (χ0v) is 21.1. The van der Waals surface area contributed by atoms with Crippen molar-refractivity contribution >= 4 is 17.8 Å². The predicted octanol–water partition coefficient (Wildman–Crippen LogP) is 6.20. The molecular weight excluding hydrogens is 390 g/mol. The van der Waals surface area contributed by atoms with Gasteiger partial charge in [-0.25, -0.2) is 4.57 Å². The van der Waals surface area contributed by atoms with E-state index in [1.807, 2.05) is 0 Å². The Kier molecular flexibility index (Phi) is 11.2. The van der Waals surface area contributed by atoms with E-state index in [1.54, 1.807) is 0 Å². The van der Waals surface area contributed by atoms with E-state index in [9.17, 15) is 0 Å². The van der Waals surface area contributed by atoms with Gasteiger partial charge in [-0.1, -0.05) is 36.4 Å². The molecule has 0 aliphatic heterocycles. The molecule has 2 aromatic rings. The maximum absolute atomic E-state index is 2.36. The second kappa shape index (κ2) is 13.9. The number of unbranched alkanes of at least 4 members (excludes halogenated alkanes) is 1. The second-order valence-corrected chi connectivity index (χ2v) is 8.57. The first-order chi connectivity index (χ1) is 15.6. The van der Waals surface area contributed by atoms with Crippen LogP contribution in [0.4, 0.5) is 5.69 Å². The summed E-state index contributed by atoms with van der Waals surface area (Å²) in [4.78, 5) is 2.36. The number of pyridine rings is 1. The molecule has 0 aliphatic carbocycles. The first-order valence-corrected chi connectivity index (χ1v) is 12.6. The van der Waals surface area contributed by atoms with E-state index in [1.165, 1.54) is 60.3 Å². The topological polar surface area (TPSA) is 7.12 Å². The number of hydrogen-bond acceptors (Lipinski definition) is 1. The molecule has 0 N–H and O–H groups in total. The smallest absolute Gasteiger partial charge is 0.169 e. The lowest BCUT2D eigenvalue weighted by Gasteiger charge is -2.35. The van der Waals surface area contributed by atoms with Gasteiger partial charge in [-0.3, -0.25) is 0 Å². The average Bonchev–Trinajstić information content (AvgIpc) is 2.85. The molecule has 0 saturated carbocycles. The van der Waals surface area contributed by atoms with Gasteiger partial charge in [0, 0.05) is 43.8 Å². The van der Waals surface area contributed by atoms with Gasteiger partial charge in [0.1, 0.15) is 6.54 Å². The number of hydrogen-bond donors (Lipinski definition) is 0. The molecule has 174 valence electrons. The zero-order chi connectivity index (χ0) is 23.2. The van der Waals surface area contributed by atoms with E-state index in [4.69, 9.17) is 0 Å². The molecule has 0 spiro atoms. The SMILES string of the molecule is CCN(CC)c1ccc(/C=C\C=C/c2cc[n+](CCCC[N+](CC)(CC)CC)cc2)cc1. The van der Waals surface area contributed by atoms with Gasteiger partial charge in [-0.15, -0.1) is 0 Å². The molecule has 0 fully saturated rings. The quantitative estimate of drug-likeness (QED) is 0.148. The lowest BCUT2D eigenvalue weighted by Crippen LogP contribution is -2.48. The summed E-state index contributed by atoms with van der Waals surface area (Å²) in [5.41, 5.74) is 3.76. The van der Waals surface area contributed by atoms with Crippen molar-refractivity contribution in [3.63, 3.8) is 0 Å². The normalized spacial score (nSPS) is 12.2. The van der Waals surface area contributed by atoms with E-state index in [0.717, 1.165) is 19.6 Å². The summed E-state index contributed by atoms with van der Waals surface area (Å²) >= 11 is 0. The summed E-state index contributed by atoms with van der Waals surface area (Å²) in [6.07, 6.45) is 15.5. The molecular formula is C29H45N3+2. The number of allylic oxidation sites excluding steroid dienone is 2. The Hall–Kier alpha value is -2.39. The fraction of sp³-hybridized carbons (Fsp3) is 0.483. The third-order valence-corrected chi connectivity index (χ3v) is 6.94. The fourth-order valence-corrected chi connectivity index (χ4v) is 4.33. The molecule has 1 heterocycles. The van der Waals surface area contributed by atoms with Gasteiger partial charge in [-0.2, -0.15) is 0 Å². The molecule has 0 aliphatic rings. The summed E-state index contributed by atoms with van der Waals surface area (Å²) in [6, 6.07) is 13.2. The molecule has 3 nitrogen and oxygen atoms in total. The van der Waals surface area contributed by atoms with Gasteiger partial charge in [0.15, 0.2) is 12.4 Å². The monoisotopic (exact) mass is 435 g/mol. The van der Waals surface area contributed by atoms with Crippen LogP contribution in [0.2, 0.25) is 0 Å². The minimum absolute atomic E-state index is 1.04. The lowest BCUT2D eigenvalue weighted by atomic mass is 10.1. The van der Waals surface area contributed by atoms with E-state index >= 15 is 0 Å². The molecule has 0 atom stereocenters. The summed E-state index contributed by atoms with van der Waals surface area (Å²) in [7, 11) is 0. The number of aromatic nitrogens is 1. The van der Waals surface area contributed by atoms with Crippen LogP contribution in [0.15, 0.2) is 60.9 Å². The molecule has 0 amide bonds. The van der Waals surface area contributed by atoms with Crippen molar-refractivity contribution < 1.29 is 9.05 Å². The van der Waals surface area contributed by atoms with Crippen LogP contribution in [0.25, 0.3) is 12.2 Å². The standard InChI is InChI=1S/C29H45N3/c1-6-31(7-2)29-19-17-27(18-20-29)15-11-12-16-28-21-24-30(25-22-28)23-13-14-26-32(8-3,9-4)10-5/h11-12,15-22,24-25H,6-10,13-14,23,26H2,1-5H3/q+2. The van der Waals surface area contributed by atoms with Crippen LogP contribution in [-0.4, -0.2) is 43.8 Å². The van der Waals surface area contributed by atoms with Crippen molar-refractivity contribution in [2.24, 2.45) is 0 Å². The number of anilines is 1. The van der Waals surface area contributed by atoms with Gasteiger partial charge in [0.25, 0.3) is 0 Å². The number of benzene rings is 1. The number of quaternary nitrogens is 1. The molecule has 2 rings (SSSR count). The zero-order valence-electron chi connectivity index (χ0n) is 21.1. The molecule has 0 bridgehead atoms. The fourth-order valence-electron chi connectivity index (χ4n) is 4.33. The second-order valence-electron chi connectivity index (χ2n) is 8.57. The highest BCUT2D eigenvalue weighted by Gasteiger charge is 2.19. The van der Waals surface area contributed by atoms with Crippen LogP contribution in [-0.2, 0) is 6.54 Å². The molecule has 3 heteroatoms. The number of rotatable bonds is 14. The Morgan fingerprint density at radius 1 is 0.719 bits per heavy atom. The Morgan fingerprint density at radius 2 is 1.25 bits per heavy atom. The first-order valence-electron chi connectivity index (χ1n) is 12.6. The number of nitrogens with zero attached hydrogens (tertiary/aromatic N) is 3. The van der Waals surface area contributed by atoms with Crippen molar-refractivity contribution in [1.82, 2.24) is 0 Å². The highest BCUT2D eigenvalue weighted by atomic mass is 15.3. The predicted molar refractivity (Wildman–Crippen MR) is 141 cm³/mol. The van der Waals surface area contributed by atoms with Crippen molar-refractivity contribution in [1.29, 1.82) is 0 Å². The van der Waals surface area contributed by atoms with Gasteiger partial charge < -0.3 is 9.38 Å². The van der Waals surface area contributed by atoms with E-state index < -0.39 is 0 Å². The summed E-state index contributed by atoms with van der Waals surface area (Å²) in [5.74, 6) is 0. The van der Waals surface area contributed by atoms with Crippen LogP contribution in [0, 0.1) is 0 Å². The summed E-state index contributed by atoms with van der Waals surface area (Å²) < 4.78 is 3.56. The highest BCUT2D eigenvalue weighted by molar-refractivity contribution is 5.59. The van der Waals surface area contributed by atoms with Crippen LogP contribution in [0.3, 0.4) is 0 Å². The van der Waals surface area contributed by atoms with Gasteiger partial charge in [0.2, 0.25) is 0 Å². The summed E-state index contributed by atoms with van der Waals surface area (Å²) in [5, 5.41) is 0. The largest absolute Gasteiger partial charge is 0.372 e. The molecule has 0 radical (unpaired) electrons. The Morgan fingerprint density at radius 3 is 1.75 bits per heavy atom. The van der Waals surface area contributed by atoms with Gasteiger partial charge in [-0.05, 0) is 57.9 Å². The van der Waals surface area contributed by atoms with Crippen LogP contribution in [0.1, 0.15) is 58.6 Å². The average molecular weight is 436 g/mol. The highest BCUT2D eigenvalue weighted by Crippen LogP contribution is 2.15. The minimum Gasteiger partial charge on any atom is -0.372 e. The van der Waals surface area contributed by atoms with Crippen LogP contribution >= 0.6 is 0 Å². The molecule has 1 aromatic carbocycles. The van der Waals surface area contributed by atoms with E-state index in [2.05, 4.69) is 117 Å². The van der Waals surface area contributed by atoms with E-state index in [-0.39, 0.29) is 0 Å². The van der Waals surface area contributed by atoms with Crippen molar-refractivity contribution in [2.75, 3.05) is 44.2 Å². The Balaban J connectivity index is 1.79. The van der Waals surface area contributed by atoms with Crippen molar-refractivity contribution in [3.8, 4) is 0 Å². The molecule has 0 unspecified atom stereocenters. The van der Waals surface area contributed by atoms with Crippen molar-refractivity contribution in [3.05, 3.63) is 72.1 Å². The first kappa shape index (κ1) is 25.9. The minimum atomic E-state index is 1.04. The van der Waals surface area contributed by atoms with E-state index in [0.29, 0.717) is 0 Å². The van der Waals surface area contributed by atoms with Crippen LogP contribution < -0.4 is 9.47 Å². The number of aryl methyl sites for hydroxylation is 1. The summed E-state index contributed by atoms with van der Waals surface area (Å²) in [6.45, 7) is 19.6. The third-order valence-electron chi connectivity index (χ3n) is 6.94. The Bertz CT molecular complexity index is 802. The maximum Gasteiger partial charge on any atom is 0.169 e. The van der Waals surface area contributed by atoms with Gasteiger partial charge in [0.05, 0.1) is 26.2 Å². The molecule has 32 heavy (non-hydrogen) atoms. The lowest BCUT2D eigenvalue weighted by molar-refractivity contribution is -0.923. The van der Waals surface area contributed by atoms with Crippen molar-refractivity contribution in [2.45, 2.75) is 54.0 Å². The van der Waals surface area contributed by atoms with Crippen LogP contribution in [0.5, 0.6) is 0 Å². The molecule has 0 saturated heterocycles. The maximum atomic E-state index is 2.36.